The molecular weight excluding hydrogens is 815 g/mol. The molecule has 6 N–H and O–H groups in total. The Morgan fingerprint density at radius 2 is 1.25 bits per heavy atom. The summed E-state index contributed by atoms with van der Waals surface area (Å²) in [5.41, 5.74) is 16.0. The van der Waals surface area contributed by atoms with Crippen LogP contribution in [-0.2, 0) is 13.1 Å². The van der Waals surface area contributed by atoms with E-state index in [1.807, 2.05) is 61.5 Å². The van der Waals surface area contributed by atoms with Gasteiger partial charge in [0.1, 0.15) is 29.1 Å². The number of fused-ring (bicyclic) bond motifs is 2. The van der Waals surface area contributed by atoms with E-state index in [1.54, 1.807) is 49.9 Å². The van der Waals surface area contributed by atoms with Crippen LogP contribution in [0.15, 0.2) is 120 Å². The number of likely N-dealkylation sites (tertiary alicyclic amines) is 2. The number of halogens is 2. The third kappa shape index (κ3) is 11.8. The average Bonchev–Trinajstić information content (AvgIpc) is 3.29. The SMILES string of the molecule is CCOc1ccc(CN2CCCC(/C(N)=N/C(=O)Nc3cccc4cnccc34)C2)c(F)c1.Cc1c(F)cccc1CN1CCCC(/C(N)=N/C(=O)Nc2cccc3cnccc23)C1. The number of benzene rings is 4. The molecule has 0 saturated carbocycles. The zero-order valence-electron chi connectivity index (χ0n) is 36.1. The molecular formula is C49H54F2N10O3. The fraction of sp³-hybridized carbons (Fsp3) is 0.306. The van der Waals surface area contributed by atoms with E-state index in [1.165, 1.54) is 12.1 Å². The Bertz CT molecular complexity index is 2650. The molecule has 8 rings (SSSR count). The molecule has 4 amide bonds. The Morgan fingerprint density at radius 1 is 0.719 bits per heavy atom. The number of nitrogens with one attached hydrogen (secondary N) is 2. The Kier molecular flexibility index (Phi) is 15.2. The van der Waals surface area contributed by atoms with E-state index in [0.717, 1.165) is 65.9 Å². The first-order chi connectivity index (χ1) is 31.0. The fourth-order valence-corrected chi connectivity index (χ4v) is 8.27. The highest BCUT2D eigenvalue weighted by Gasteiger charge is 2.26. The second-order valence-electron chi connectivity index (χ2n) is 16.1. The number of aromatic nitrogens is 2. The maximum atomic E-state index is 14.5. The fourth-order valence-electron chi connectivity index (χ4n) is 8.27. The lowest BCUT2D eigenvalue weighted by atomic mass is 9.96. The summed E-state index contributed by atoms with van der Waals surface area (Å²) in [4.78, 5) is 45.9. The molecule has 15 heteroatoms. The molecule has 2 aliphatic rings. The number of pyridine rings is 2. The third-order valence-corrected chi connectivity index (χ3v) is 11.7. The lowest BCUT2D eigenvalue weighted by Crippen LogP contribution is -2.41. The van der Waals surface area contributed by atoms with Crippen LogP contribution in [0.25, 0.3) is 21.5 Å². The minimum Gasteiger partial charge on any atom is -0.494 e. The number of rotatable bonds is 10. The number of nitrogens with zero attached hydrogens (tertiary/aromatic N) is 6. The van der Waals surface area contributed by atoms with Gasteiger partial charge in [0.15, 0.2) is 0 Å². The quantitative estimate of drug-likeness (QED) is 0.0773. The molecule has 2 saturated heterocycles. The van der Waals surface area contributed by atoms with Crippen molar-refractivity contribution in [3.8, 4) is 5.75 Å². The monoisotopic (exact) mass is 868 g/mol. The molecule has 2 aromatic heterocycles. The molecule has 2 aliphatic heterocycles. The van der Waals surface area contributed by atoms with E-state index in [4.69, 9.17) is 16.2 Å². The Morgan fingerprint density at radius 3 is 1.78 bits per heavy atom. The van der Waals surface area contributed by atoms with Crippen LogP contribution >= 0.6 is 0 Å². The van der Waals surface area contributed by atoms with Crippen molar-refractivity contribution in [2.75, 3.05) is 43.4 Å². The molecule has 64 heavy (non-hydrogen) atoms. The van der Waals surface area contributed by atoms with Crippen LogP contribution < -0.4 is 26.8 Å². The maximum absolute atomic E-state index is 14.5. The minimum atomic E-state index is -0.508. The van der Waals surface area contributed by atoms with Crippen LogP contribution in [0.1, 0.15) is 49.3 Å². The van der Waals surface area contributed by atoms with Crippen LogP contribution in [0.2, 0.25) is 0 Å². The van der Waals surface area contributed by atoms with Crippen molar-refractivity contribution in [1.29, 1.82) is 0 Å². The predicted octanol–water partition coefficient (Wildman–Crippen LogP) is 9.06. The van der Waals surface area contributed by atoms with Crippen molar-refractivity contribution in [2.45, 2.75) is 52.6 Å². The van der Waals surface area contributed by atoms with Crippen LogP contribution in [0, 0.1) is 30.4 Å². The zero-order valence-corrected chi connectivity index (χ0v) is 36.1. The van der Waals surface area contributed by atoms with Gasteiger partial charge in [0.25, 0.3) is 0 Å². The standard InChI is InChI=1S/C25H28FN5O2.C24H26FN5O/c1-2-33-20-9-8-18(22(26)13-20)15-31-12-4-6-19(16-31)24(27)30-25(32)29-23-7-3-5-17-14-28-11-10-21(17)23;1-16-18(6-2-8-21(16)25)14-30-12-4-7-19(15-30)23(26)29-24(31)28-22-9-3-5-17-13-27-11-10-20(17)22/h3,5,7-11,13-14,19H,2,4,6,12,15-16H2,1H3,(H3,27,29,30,32);2-3,5-6,8-11,13,19H,4,7,12,14-15H2,1H3,(H3,26,28,29,31). The van der Waals surface area contributed by atoms with E-state index in [-0.39, 0.29) is 23.5 Å². The first-order valence-electron chi connectivity index (χ1n) is 21.6. The Hall–Kier alpha value is -6.84. The van der Waals surface area contributed by atoms with Crippen molar-refractivity contribution in [3.63, 3.8) is 0 Å². The molecule has 2 fully saturated rings. The van der Waals surface area contributed by atoms with Crippen LogP contribution in [0.3, 0.4) is 0 Å². The van der Waals surface area contributed by atoms with Crippen LogP contribution in [-0.4, -0.2) is 76.3 Å². The lowest BCUT2D eigenvalue weighted by molar-refractivity contribution is 0.193. The van der Waals surface area contributed by atoms with E-state index in [0.29, 0.717) is 72.7 Å². The van der Waals surface area contributed by atoms with E-state index < -0.39 is 12.1 Å². The number of hydrogen-bond donors (Lipinski definition) is 4. The van der Waals surface area contributed by atoms with Gasteiger partial charge in [-0.05, 0) is 100 Å². The average molecular weight is 869 g/mol. The van der Waals surface area contributed by atoms with Gasteiger partial charge in [-0.15, -0.1) is 0 Å². The van der Waals surface area contributed by atoms with E-state index >= 15 is 0 Å². The summed E-state index contributed by atoms with van der Waals surface area (Å²) >= 11 is 0. The van der Waals surface area contributed by atoms with Gasteiger partial charge in [-0.1, -0.05) is 42.5 Å². The van der Waals surface area contributed by atoms with Crippen molar-refractivity contribution in [2.24, 2.45) is 33.3 Å². The summed E-state index contributed by atoms with van der Waals surface area (Å²) in [6, 6.07) is 24.1. The topological polar surface area (TPSA) is 176 Å². The first-order valence-corrected chi connectivity index (χ1v) is 21.6. The second kappa shape index (κ2) is 21.5. The largest absolute Gasteiger partial charge is 0.494 e. The van der Waals surface area contributed by atoms with Crippen LogP contribution in [0.4, 0.5) is 29.7 Å². The zero-order chi connectivity index (χ0) is 45.0. The number of amides is 4. The number of aliphatic imine (C=N–C) groups is 2. The van der Waals surface area contributed by atoms with E-state index in [9.17, 15) is 18.4 Å². The lowest BCUT2D eigenvalue weighted by Gasteiger charge is -2.32. The van der Waals surface area contributed by atoms with Gasteiger partial charge < -0.3 is 26.8 Å². The van der Waals surface area contributed by atoms with Gasteiger partial charge in [0.2, 0.25) is 0 Å². The molecule has 0 spiro atoms. The normalized spacial score (nSPS) is 17.4. The number of carbonyl (C=O) groups excluding carboxylic acids is 2. The third-order valence-electron chi connectivity index (χ3n) is 11.7. The minimum absolute atomic E-state index is 0.00918. The smallest absolute Gasteiger partial charge is 0.347 e. The van der Waals surface area contributed by atoms with Crippen LogP contribution in [0.5, 0.6) is 5.75 Å². The highest BCUT2D eigenvalue weighted by atomic mass is 19.1. The predicted molar refractivity (Wildman–Crippen MR) is 249 cm³/mol. The summed E-state index contributed by atoms with van der Waals surface area (Å²) in [7, 11) is 0. The molecule has 2 unspecified atom stereocenters. The number of piperidine rings is 2. The molecule has 6 aromatic rings. The Labute approximate surface area is 371 Å². The van der Waals surface area contributed by atoms with Crippen molar-refractivity contribution in [3.05, 3.63) is 138 Å². The maximum Gasteiger partial charge on any atom is 0.347 e. The van der Waals surface area contributed by atoms with E-state index in [2.05, 4.69) is 40.4 Å². The molecule has 4 aromatic carbocycles. The summed E-state index contributed by atoms with van der Waals surface area (Å²) in [5, 5.41) is 9.30. The van der Waals surface area contributed by atoms with Gasteiger partial charge in [-0.25, -0.2) is 18.4 Å². The second-order valence-corrected chi connectivity index (χ2v) is 16.1. The number of hydrogen-bond acceptors (Lipinski definition) is 7. The number of urea groups is 2. The molecule has 2 atom stereocenters. The van der Waals surface area contributed by atoms with Gasteiger partial charge >= 0.3 is 12.1 Å². The molecule has 4 heterocycles. The molecule has 13 nitrogen and oxygen atoms in total. The molecule has 332 valence electrons. The van der Waals surface area contributed by atoms with Crippen molar-refractivity contribution < 1.29 is 23.1 Å². The Balaban J connectivity index is 0.000000192. The molecule has 0 bridgehead atoms. The number of amidine groups is 2. The number of nitrogens with two attached hydrogens (primary N) is 2. The first kappa shape index (κ1) is 45.2. The number of anilines is 2. The van der Waals surface area contributed by atoms with Crippen molar-refractivity contribution in [1.82, 2.24) is 19.8 Å². The van der Waals surface area contributed by atoms with Gasteiger partial charge in [0.05, 0.1) is 18.0 Å². The number of carbonyl (C=O) groups is 2. The number of ether oxygens (including phenoxy) is 1. The van der Waals surface area contributed by atoms with Gasteiger partial charge in [0, 0.05) is 96.0 Å². The summed E-state index contributed by atoms with van der Waals surface area (Å²) < 4.78 is 33.7. The highest BCUT2D eigenvalue weighted by molar-refractivity contribution is 6.06. The molecule has 0 radical (unpaired) electrons. The van der Waals surface area contributed by atoms with Crippen molar-refractivity contribution >= 4 is 56.7 Å². The molecule has 0 aliphatic carbocycles. The van der Waals surface area contributed by atoms with Gasteiger partial charge in [-0.2, -0.15) is 9.98 Å². The highest BCUT2D eigenvalue weighted by Crippen LogP contribution is 2.26. The summed E-state index contributed by atoms with van der Waals surface area (Å²) in [5.74, 6) is 0.617. The summed E-state index contributed by atoms with van der Waals surface area (Å²) in [6.07, 6.45) is 10.4. The van der Waals surface area contributed by atoms with Gasteiger partial charge in [-0.3, -0.25) is 19.8 Å². The summed E-state index contributed by atoms with van der Waals surface area (Å²) in [6.45, 7) is 8.36.